The fourth-order valence-electron chi connectivity index (χ4n) is 4.54. The first-order valence-corrected chi connectivity index (χ1v) is 13.1. The second-order valence-electron chi connectivity index (χ2n) is 8.44. The Morgan fingerprint density at radius 3 is 2.84 bits per heavy atom. The second kappa shape index (κ2) is 9.24. The molecule has 1 fully saturated rings. The van der Waals surface area contributed by atoms with Crippen LogP contribution in [0.3, 0.4) is 0 Å². The SMILES string of the molecule is CN1CCc2c(sc3nc(SCCN4CCCCC4)n(-c4cccc(Cl)c4)c(=O)c23)C1. The molecule has 0 amide bonds. The highest BCUT2D eigenvalue weighted by Crippen LogP contribution is 2.34. The van der Waals surface area contributed by atoms with Crippen molar-refractivity contribution in [2.75, 3.05) is 39.0 Å². The van der Waals surface area contributed by atoms with E-state index < -0.39 is 0 Å². The standard InChI is InChI=1S/C23H27ClN4OS2/c1-26-11-8-18-19(15-26)31-21-20(18)22(29)28(17-7-5-6-16(24)14-17)23(25-21)30-13-12-27-9-3-2-4-10-27/h5-7,14H,2-4,8-13,15H2,1H3. The summed E-state index contributed by atoms with van der Waals surface area (Å²) in [5.74, 6) is 0.923. The molecule has 1 saturated heterocycles. The smallest absolute Gasteiger partial charge is 0.267 e. The Hall–Kier alpha value is -1.38. The van der Waals surface area contributed by atoms with Crippen molar-refractivity contribution in [3.63, 3.8) is 0 Å². The zero-order chi connectivity index (χ0) is 21.4. The number of likely N-dealkylation sites (N-methyl/N-ethyl adjacent to an activating group) is 1. The van der Waals surface area contributed by atoms with Gasteiger partial charge >= 0.3 is 0 Å². The van der Waals surface area contributed by atoms with Gasteiger partial charge in [0, 0.05) is 35.3 Å². The molecule has 5 rings (SSSR count). The van der Waals surface area contributed by atoms with E-state index in [1.807, 2.05) is 24.3 Å². The molecule has 0 N–H and O–H groups in total. The molecule has 5 nitrogen and oxygen atoms in total. The van der Waals surface area contributed by atoms with Crippen molar-refractivity contribution in [1.82, 2.24) is 19.4 Å². The van der Waals surface area contributed by atoms with E-state index >= 15 is 0 Å². The van der Waals surface area contributed by atoms with Gasteiger partial charge in [-0.05, 0) is 63.2 Å². The van der Waals surface area contributed by atoms with E-state index in [9.17, 15) is 4.79 Å². The lowest BCUT2D eigenvalue weighted by atomic mass is 10.1. The van der Waals surface area contributed by atoms with Crippen LogP contribution in [0, 0.1) is 0 Å². The van der Waals surface area contributed by atoms with Crippen molar-refractivity contribution in [3.05, 3.63) is 50.1 Å². The number of hydrogen-bond acceptors (Lipinski definition) is 6. The van der Waals surface area contributed by atoms with Crippen molar-refractivity contribution in [2.45, 2.75) is 37.4 Å². The molecule has 4 heterocycles. The largest absolute Gasteiger partial charge is 0.303 e. The Labute approximate surface area is 196 Å². The third-order valence-corrected chi connectivity index (χ3v) is 8.45. The van der Waals surface area contributed by atoms with Gasteiger partial charge < -0.3 is 9.80 Å². The molecule has 8 heteroatoms. The van der Waals surface area contributed by atoms with E-state index in [1.165, 1.54) is 42.8 Å². The van der Waals surface area contributed by atoms with Crippen LogP contribution in [-0.4, -0.2) is 58.3 Å². The highest BCUT2D eigenvalue weighted by Gasteiger charge is 2.24. The molecule has 0 aliphatic carbocycles. The lowest BCUT2D eigenvalue weighted by molar-refractivity contribution is 0.242. The Kier molecular flexibility index (Phi) is 6.40. The molecular formula is C23H27ClN4OS2. The minimum absolute atomic E-state index is 0.0368. The summed E-state index contributed by atoms with van der Waals surface area (Å²) in [6, 6.07) is 7.54. The van der Waals surface area contributed by atoms with Crippen molar-refractivity contribution in [2.24, 2.45) is 0 Å². The Morgan fingerprint density at radius 2 is 2.03 bits per heavy atom. The molecule has 164 valence electrons. The van der Waals surface area contributed by atoms with Gasteiger partial charge in [0.25, 0.3) is 5.56 Å². The highest BCUT2D eigenvalue weighted by atomic mass is 35.5. The molecule has 0 bridgehead atoms. The third kappa shape index (κ3) is 4.44. The number of thioether (sulfide) groups is 1. The van der Waals surface area contributed by atoms with Crippen LogP contribution in [0.15, 0.2) is 34.2 Å². The van der Waals surface area contributed by atoms with Crippen LogP contribution >= 0.6 is 34.7 Å². The first kappa shape index (κ1) is 21.5. The summed E-state index contributed by atoms with van der Waals surface area (Å²) in [5, 5.41) is 2.19. The van der Waals surface area contributed by atoms with Crippen molar-refractivity contribution in [3.8, 4) is 5.69 Å². The van der Waals surface area contributed by atoms with Crippen LogP contribution in [0.4, 0.5) is 0 Å². The quantitative estimate of drug-likeness (QED) is 0.397. The normalized spacial score (nSPS) is 17.9. The third-order valence-electron chi connectivity index (χ3n) is 6.19. The van der Waals surface area contributed by atoms with Gasteiger partial charge in [-0.3, -0.25) is 9.36 Å². The minimum atomic E-state index is 0.0368. The summed E-state index contributed by atoms with van der Waals surface area (Å²) < 4.78 is 1.78. The molecule has 0 saturated carbocycles. The van der Waals surface area contributed by atoms with Crippen LogP contribution < -0.4 is 5.56 Å². The van der Waals surface area contributed by atoms with E-state index in [4.69, 9.17) is 16.6 Å². The maximum atomic E-state index is 13.8. The summed E-state index contributed by atoms with van der Waals surface area (Å²) in [6.07, 6.45) is 4.82. The molecule has 1 aromatic carbocycles. The monoisotopic (exact) mass is 474 g/mol. The maximum absolute atomic E-state index is 13.8. The predicted octanol–water partition coefficient (Wildman–Crippen LogP) is 4.67. The lowest BCUT2D eigenvalue weighted by Crippen LogP contribution is -2.31. The number of hydrogen-bond donors (Lipinski definition) is 0. The molecule has 0 atom stereocenters. The number of likely N-dealkylation sites (tertiary alicyclic amines) is 1. The van der Waals surface area contributed by atoms with Crippen molar-refractivity contribution >= 4 is 44.9 Å². The molecule has 2 aromatic heterocycles. The van der Waals surface area contributed by atoms with Gasteiger partial charge in [0.05, 0.1) is 11.1 Å². The Bertz CT molecular complexity index is 1150. The molecule has 31 heavy (non-hydrogen) atoms. The molecule has 0 spiro atoms. The van der Waals surface area contributed by atoms with Gasteiger partial charge in [-0.25, -0.2) is 4.98 Å². The van der Waals surface area contributed by atoms with Gasteiger partial charge in [0.1, 0.15) is 4.83 Å². The summed E-state index contributed by atoms with van der Waals surface area (Å²) in [6.45, 7) is 5.25. The fraction of sp³-hybridized carbons (Fsp3) is 0.478. The number of rotatable bonds is 5. The lowest BCUT2D eigenvalue weighted by Gasteiger charge is -2.26. The molecule has 0 unspecified atom stereocenters. The molecular weight excluding hydrogens is 448 g/mol. The second-order valence-corrected chi connectivity index (χ2v) is 11.0. The maximum Gasteiger partial charge on any atom is 0.267 e. The number of piperidine rings is 1. The number of aromatic nitrogens is 2. The van der Waals surface area contributed by atoms with E-state index in [0.29, 0.717) is 5.02 Å². The van der Waals surface area contributed by atoms with Crippen LogP contribution in [0.2, 0.25) is 5.02 Å². The van der Waals surface area contributed by atoms with Crippen molar-refractivity contribution < 1.29 is 0 Å². The molecule has 0 radical (unpaired) electrons. The number of fused-ring (bicyclic) bond motifs is 3. The van der Waals surface area contributed by atoms with E-state index in [-0.39, 0.29) is 5.56 Å². The van der Waals surface area contributed by atoms with E-state index in [2.05, 4.69) is 16.8 Å². The van der Waals surface area contributed by atoms with Gasteiger partial charge in [-0.2, -0.15) is 0 Å². The number of benzene rings is 1. The van der Waals surface area contributed by atoms with Gasteiger partial charge in [0.15, 0.2) is 5.16 Å². The fourth-order valence-corrected chi connectivity index (χ4v) is 7.08. The van der Waals surface area contributed by atoms with E-state index in [1.54, 1.807) is 27.7 Å². The molecule has 3 aromatic rings. The van der Waals surface area contributed by atoms with Gasteiger partial charge in [-0.15, -0.1) is 11.3 Å². The predicted molar refractivity (Wildman–Crippen MR) is 131 cm³/mol. The first-order chi connectivity index (χ1) is 15.1. The minimum Gasteiger partial charge on any atom is -0.303 e. The zero-order valence-electron chi connectivity index (χ0n) is 17.8. The summed E-state index contributed by atoms with van der Waals surface area (Å²) in [4.78, 5) is 25.8. The highest BCUT2D eigenvalue weighted by molar-refractivity contribution is 7.99. The van der Waals surface area contributed by atoms with E-state index in [0.717, 1.165) is 52.9 Å². The number of nitrogens with zero attached hydrogens (tertiary/aromatic N) is 4. The van der Waals surface area contributed by atoms with Crippen LogP contribution in [0.5, 0.6) is 0 Å². The number of thiophene rings is 1. The van der Waals surface area contributed by atoms with Gasteiger partial charge in [0.2, 0.25) is 0 Å². The Morgan fingerprint density at radius 1 is 1.19 bits per heavy atom. The van der Waals surface area contributed by atoms with Crippen LogP contribution in [0.25, 0.3) is 15.9 Å². The zero-order valence-corrected chi connectivity index (χ0v) is 20.2. The summed E-state index contributed by atoms with van der Waals surface area (Å²) in [5.41, 5.74) is 2.02. The van der Waals surface area contributed by atoms with Gasteiger partial charge in [-0.1, -0.05) is 35.9 Å². The summed E-state index contributed by atoms with van der Waals surface area (Å²) >= 11 is 9.65. The first-order valence-electron chi connectivity index (χ1n) is 11.0. The van der Waals surface area contributed by atoms with Crippen LogP contribution in [-0.2, 0) is 13.0 Å². The molecule has 2 aliphatic rings. The summed E-state index contributed by atoms with van der Waals surface area (Å²) in [7, 11) is 2.13. The van der Waals surface area contributed by atoms with Crippen molar-refractivity contribution in [1.29, 1.82) is 0 Å². The number of halogens is 1. The topological polar surface area (TPSA) is 41.4 Å². The molecule has 2 aliphatic heterocycles. The average molecular weight is 475 g/mol. The average Bonchev–Trinajstić information content (AvgIpc) is 3.12. The van der Waals surface area contributed by atoms with Crippen LogP contribution in [0.1, 0.15) is 29.7 Å². The Balaban J connectivity index is 1.55.